The highest BCUT2D eigenvalue weighted by molar-refractivity contribution is 5.83. The molecule has 0 fully saturated rings. The van der Waals surface area contributed by atoms with Gasteiger partial charge in [-0.05, 0) is 37.8 Å². The van der Waals surface area contributed by atoms with E-state index in [1.165, 1.54) is 0 Å². The SMILES string of the molecule is CC(C)CCN(CCC(C)C)CC(C(N)=NO)C(F)(F)F. The number of nitrogens with zero attached hydrogens (tertiary/aromatic N) is 2. The number of rotatable bonds is 9. The zero-order chi connectivity index (χ0) is 16.6. The minimum atomic E-state index is -4.51. The molecule has 0 aliphatic rings. The molecule has 0 aliphatic carbocycles. The maximum Gasteiger partial charge on any atom is 0.400 e. The summed E-state index contributed by atoms with van der Waals surface area (Å²) in [6.45, 7) is 9.03. The van der Waals surface area contributed by atoms with Crippen molar-refractivity contribution in [2.45, 2.75) is 46.7 Å². The second-order valence-corrected chi connectivity index (χ2v) is 6.28. The van der Waals surface area contributed by atoms with Gasteiger partial charge in [0.1, 0.15) is 5.92 Å². The molecule has 4 nitrogen and oxygen atoms in total. The molecular weight excluding hydrogens is 283 g/mol. The summed E-state index contributed by atoms with van der Waals surface area (Å²) in [5, 5.41) is 11.1. The standard InChI is InChI=1S/C14H28F3N3O/c1-10(2)5-7-20(8-6-11(3)4)9-12(13(18)19-21)14(15,16)17/h10-12,21H,5-9H2,1-4H3,(H2,18,19). The van der Waals surface area contributed by atoms with Crippen molar-refractivity contribution in [3.63, 3.8) is 0 Å². The van der Waals surface area contributed by atoms with Gasteiger partial charge in [-0.15, -0.1) is 0 Å². The molecule has 0 aromatic carbocycles. The molecule has 0 aromatic heterocycles. The second-order valence-electron chi connectivity index (χ2n) is 6.28. The Labute approximate surface area is 125 Å². The van der Waals surface area contributed by atoms with Gasteiger partial charge in [-0.3, -0.25) is 0 Å². The largest absolute Gasteiger partial charge is 0.409 e. The first-order valence-electron chi connectivity index (χ1n) is 7.34. The van der Waals surface area contributed by atoms with Crippen LogP contribution in [-0.4, -0.2) is 41.8 Å². The zero-order valence-corrected chi connectivity index (χ0v) is 13.3. The third-order valence-electron chi connectivity index (χ3n) is 3.35. The van der Waals surface area contributed by atoms with Gasteiger partial charge in [-0.2, -0.15) is 13.2 Å². The van der Waals surface area contributed by atoms with Crippen LogP contribution in [0.15, 0.2) is 5.16 Å². The van der Waals surface area contributed by atoms with Gasteiger partial charge in [0.15, 0.2) is 5.84 Å². The number of oxime groups is 1. The van der Waals surface area contributed by atoms with E-state index in [1.54, 1.807) is 4.90 Å². The molecule has 1 atom stereocenters. The first-order chi connectivity index (χ1) is 9.57. The summed E-state index contributed by atoms with van der Waals surface area (Å²) in [7, 11) is 0. The average molecular weight is 311 g/mol. The molecule has 0 aromatic rings. The Morgan fingerprint density at radius 3 is 1.81 bits per heavy atom. The Morgan fingerprint density at radius 1 is 1.10 bits per heavy atom. The summed E-state index contributed by atoms with van der Waals surface area (Å²) < 4.78 is 39.1. The first-order valence-corrected chi connectivity index (χ1v) is 7.34. The van der Waals surface area contributed by atoms with Crippen molar-refractivity contribution in [2.75, 3.05) is 19.6 Å². The molecule has 0 radical (unpaired) electrons. The van der Waals surface area contributed by atoms with Crippen LogP contribution in [0.25, 0.3) is 0 Å². The predicted octanol–water partition coefficient (Wildman–Crippen LogP) is 3.31. The van der Waals surface area contributed by atoms with Crippen LogP contribution in [0.2, 0.25) is 0 Å². The van der Waals surface area contributed by atoms with Crippen LogP contribution in [0.4, 0.5) is 13.2 Å². The molecule has 21 heavy (non-hydrogen) atoms. The van der Waals surface area contributed by atoms with Crippen molar-refractivity contribution in [1.29, 1.82) is 0 Å². The van der Waals surface area contributed by atoms with E-state index in [0.717, 1.165) is 12.8 Å². The number of hydrogen-bond acceptors (Lipinski definition) is 3. The van der Waals surface area contributed by atoms with E-state index in [4.69, 9.17) is 10.9 Å². The van der Waals surface area contributed by atoms with Crippen molar-refractivity contribution in [3.8, 4) is 0 Å². The third-order valence-corrected chi connectivity index (χ3v) is 3.35. The van der Waals surface area contributed by atoms with E-state index in [2.05, 4.69) is 5.16 Å². The lowest BCUT2D eigenvalue weighted by molar-refractivity contribution is -0.160. The van der Waals surface area contributed by atoms with Gasteiger partial charge in [0, 0.05) is 6.54 Å². The van der Waals surface area contributed by atoms with Gasteiger partial charge in [0.25, 0.3) is 0 Å². The topological polar surface area (TPSA) is 61.8 Å². The highest BCUT2D eigenvalue weighted by Gasteiger charge is 2.43. The highest BCUT2D eigenvalue weighted by Crippen LogP contribution is 2.27. The Balaban J connectivity index is 4.86. The summed E-state index contributed by atoms with van der Waals surface area (Å²) in [6, 6.07) is 0. The normalized spacial score (nSPS) is 15.2. The lowest BCUT2D eigenvalue weighted by Gasteiger charge is -2.29. The van der Waals surface area contributed by atoms with Crippen LogP contribution in [0.5, 0.6) is 0 Å². The Morgan fingerprint density at radius 2 is 1.52 bits per heavy atom. The molecular formula is C14H28F3N3O. The number of nitrogens with two attached hydrogens (primary N) is 1. The van der Waals surface area contributed by atoms with E-state index in [1.807, 2.05) is 27.7 Å². The fraction of sp³-hybridized carbons (Fsp3) is 0.929. The molecule has 0 spiro atoms. The average Bonchev–Trinajstić information content (AvgIpc) is 2.35. The van der Waals surface area contributed by atoms with Gasteiger partial charge in [0.2, 0.25) is 0 Å². The molecule has 0 rings (SSSR count). The third kappa shape index (κ3) is 8.80. The quantitative estimate of drug-likeness (QED) is 0.297. The fourth-order valence-corrected chi connectivity index (χ4v) is 1.87. The van der Waals surface area contributed by atoms with Gasteiger partial charge < -0.3 is 15.8 Å². The Bertz CT molecular complexity index is 305. The number of hydrogen-bond donors (Lipinski definition) is 2. The van der Waals surface area contributed by atoms with Crippen molar-refractivity contribution in [3.05, 3.63) is 0 Å². The maximum atomic E-state index is 13.0. The van der Waals surface area contributed by atoms with Crippen LogP contribution in [-0.2, 0) is 0 Å². The van der Waals surface area contributed by atoms with Crippen LogP contribution < -0.4 is 5.73 Å². The molecule has 7 heteroatoms. The number of halogens is 3. The highest BCUT2D eigenvalue weighted by atomic mass is 19.4. The van der Waals surface area contributed by atoms with Crippen molar-refractivity contribution >= 4 is 5.84 Å². The molecule has 0 saturated carbocycles. The van der Waals surface area contributed by atoms with Gasteiger partial charge in [-0.25, -0.2) is 0 Å². The van der Waals surface area contributed by atoms with E-state index in [0.29, 0.717) is 24.9 Å². The van der Waals surface area contributed by atoms with Crippen LogP contribution in [0.1, 0.15) is 40.5 Å². The summed E-state index contributed by atoms with van der Waals surface area (Å²) >= 11 is 0. The van der Waals surface area contributed by atoms with Crippen molar-refractivity contribution < 1.29 is 18.4 Å². The molecule has 3 N–H and O–H groups in total. The minimum Gasteiger partial charge on any atom is -0.409 e. The summed E-state index contributed by atoms with van der Waals surface area (Å²) in [4.78, 5) is 1.76. The lowest BCUT2D eigenvalue weighted by atomic mass is 10.0. The minimum absolute atomic E-state index is 0.265. The molecule has 0 heterocycles. The summed E-state index contributed by atoms with van der Waals surface area (Å²) in [6.07, 6.45) is -2.87. The van der Waals surface area contributed by atoms with E-state index in [-0.39, 0.29) is 6.54 Å². The summed E-state index contributed by atoms with van der Waals surface area (Å²) in [5.74, 6) is -1.87. The van der Waals surface area contributed by atoms with E-state index in [9.17, 15) is 13.2 Å². The van der Waals surface area contributed by atoms with Crippen LogP contribution in [0.3, 0.4) is 0 Å². The number of amidine groups is 1. The Hall–Kier alpha value is -0.980. The predicted molar refractivity (Wildman–Crippen MR) is 78.3 cm³/mol. The molecule has 0 amide bonds. The fourth-order valence-electron chi connectivity index (χ4n) is 1.87. The number of alkyl halides is 3. The smallest absolute Gasteiger partial charge is 0.400 e. The van der Waals surface area contributed by atoms with Crippen LogP contribution >= 0.6 is 0 Å². The zero-order valence-electron chi connectivity index (χ0n) is 13.3. The van der Waals surface area contributed by atoms with Gasteiger partial charge in [-0.1, -0.05) is 32.9 Å². The van der Waals surface area contributed by atoms with Crippen molar-refractivity contribution in [1.82, 2.24) is 4.90 Å². The molecule has 0 bridgehead atoms. The molecule has 1 unspecified atom stereocenters. The summed E-state index contributed by atoms with van der Waals surface area (Å²) in [5.41, 5.74) is 5.22. The van der Waals surface area contributed by atoms with Crippen LogP contribution in [0, 0.1) is 17.8 Å². The van der Waals surface area contributed by atoms with Gasteiger partial charge >= 0.3 is 6.18 Å². The maximum absolute atomic E-state index is 13.0. The molecule has 0 aliphatic heterocycles. The Kier molecular flexibility index (Phi) is 8.70. The second kappa shape index (κ2) is 9.12. The van der Waals surface area contributed by atoms with E-state index < -0.39 is 17.9 Å². The first kappa shape index (κ1) is 20.0. The molecule has 0 saturated heterocycles. The van der Waals surface area contributed by atoms with Crippen molar-refractivity contribution in [2.24, 2.45) is 28.6 Å². The molecule has 126 valence electrons. The monoisotopic (exact) mass is 311 g/mol. The van der Waals surface area contributed by atoms with E-state index >= 15 is 0 Å². The van der Waals surface area contributed by atoms with Gasteiger partial charge in [0.05, 0.1) is 0 Å². The lowest BCUT2D eigenvalue weighted by Crippen LogP contribution is -2.45.